The smallest absolute Gasteiger partial charge is 0.224 e. The lowest BCUT2D eigenvalue weighted by Crippen LogP contribution is -2.39. The van der Waals surface area contributed by atoms with Crippen molar-refractivity contribution in [2.45, 2.75) is 26.2 Å². The average molecular weight is 346 g/mol. The normalized spacial score (nSPS) is 16.8. The van der Waals surface area contributed by atoms with Gasteiger partial charge in [-0.05, 0) is 50.6 Å². The van der Waals surface area contributed by atoms with E-state index in [1.165, 1.54) is 0 Å². The van der Waals surface area contributed by atoms with Crippen LogP contribution < -0.4 is 0 Å². The first-order valence-corrected chi connectivity index (χ1v) is 8.50. The zero-order valence-electron chi connectivity index (χ0n) is 14.6. The van der Waals surface area contributed by atoms with E-state index in [-0.39, 0.29) is 18.9 Å². The number of aliphatic hydroxyl groups is 1. The Hall–Kier alpha value is -2.41. The highest BCUT2D eigenvalue weighted by atomic mass is 16.5. The summed E-state index contributed by atoms with van der Waals surface area (Å²) in [5, 5.41) is 15.6. The first-order valence-electron chi connectivity index (χ1n) is 8.50. The van der Waals surface area contributed by atoms with E-state index < -0.39 is 0 Å². The van der Waals surface area contributed by atoms with E-state index in [1.807, 2.05) is 30.0 Å². The Morgan fingerprint density at radius 1 is 1.52 bits per heavy atom. The molecule has 0 unspecified atom stereocenters. The maximum atomic E-state index is 11.7. The molecule has 2 rings (SSSR count). The van der Waals surface area contributed by atoms with Crippen molar-refractivity contribution < 1.29 is 14.6 Å². The summed E-state index contributed by atoms with van der Waals surface area (Å²) in [4.78, 5) is 17.5. The number of likely N-dealkylation sites (tertiary alicyclic amines) is 1. The van der Waals surface area contributed by atoms with Gasteiger partial charge in [0.2, 0.25) is 5.91 Å². The first-order chi connectivity index (χ1) is 12.1. The quantitative estimate of drug-likeness (QED) is 0.428. The number of nitrogens with one attached hydrogen (secondary N) is 1. The molecular weight excluding hydrogens is 320 g/mol. The number of aliphatic hydroxyl groups excluding tert-OH is 1. The van der Waals surface area contributed by atoms with Gasteiger partial charge in [0.1, 0.15) is 0 Å². The van der Waals surface area contributed by atoms with E-state index in [1.54, 1.807) is 6.20 Å². The van der Waals surface area contributed by atoms with Gasteiger partial charge in [0.05, 0.1) is 30.4 Å². The predicted molar refractivity (Wildman–Crippen MR) is 96.8 cm³/mol. The van der Waals surface area contributed by atoms with Gasteiger partial charge in [0.25, 0.3) is 0 Å². The minimum atomic E-state index is -0.0838. The number of H-pyrrole nitrogens is 1. The first kappa shape index (κ1) is 18.9. The molecule has 25 heavy (non-hydrogen) atoms. The van der Waals surface area contributed by atoms with E-state index >= 15 is 0 Å². The third-order valence-corrected chi connectivity index (χ3v) is 4.26. The van der Waals surface area contributed by atoms with Crippen LogP contribution in [0.3, 0.4) is 0 Å². The summed E-state index contributed by atoms with van der Waals surface area (Å²) in [7, 11) is 0. The molecule has 1 aromatic rings. The Balaban J connectivity index is 1.78. The molecule has 1 saturated heterocycles. The molecule has 0 saturated carbocycles. The number of ether oxygens (including phenoxy) is 1. The molecule has 1 fully saturated rings. The Labute approximate surface area is 148 Å². The second kappa shape index (κ2) is 9.78. The molecule has 7 heteroatoms. The van der Waals surface area contributed by atoms with Crippen LogP contribution in [-0.4, -0.2) is 59.1 Å². The minimum absolute atomic E-state index is 0.0337. The number of aromatic amines is 1. The summed E-state index contributed by atoms with van der Waals surface area (Å²) in [6.07, 6.45) is 7.43. The molecule has 2 heterocycles. The molecular formula is C18H26N4O3. The molecule has 0 bridgehead atoms. The summed E-state index contributed by atoms with van der Waals surface area (Å²) in [5.74, 6) is 1.28. The highest BCUT2D eigenvalue weighted by molar-refractivity contribution is 5.76. The van der Waals surface area contributed by atoms with Crippen LogP contribution in [0.4, 0.5) is 0 Å². The fraction of sp³-hybridized carbons (Fsp3) is 0.500. The van der Waals surface area contributed by atoms with Crippen LogP contribution in [0.15, 0.2) is 35.2 Å². The predicted octanol–water partition coefficient (Wildman–Crippen LogP) is 1.99. The number of piperidine rings is 1. The number of nitrogens with zero attached hydrogens (tertiary/aromatic N) is 3. The Bertz CT molecular complexity index is 614. The number of aliphatic imine (C=N–C) groups is 1. The van der Waals surface area contributed by atoms with Gasteiger partial charge in [-0.25, -0.2) is 0 Å². The van der Waals surface area contributed by atoms with Crippen LogP contribution in [-0.2, 0) is 9.53 Å². The zero-order valence-corrected chi connectivity index (χ0v) is 14.6. The van der Waals surface area contributed by atoms with E-state index in [2.05, 4.69) is 21.9 Å². The van der Waals surface area contributed by atoms with E-state index in [0.29, 0.717) is 18.2 Å². The maximum Gasteiger partial charge on any atom is 0.224 e. The van der Waals surface area contributed by atoms with Gasteiger partial charge >= 0.3 is 0 Å². The zero-order chi connectivity index (χ0) is 18.1. The van der Waals surface area contributed by atoms with Crippen molar-refractivity contribution in [3.63, 3.8) is 0 Å². The van der Waals surface area contributed by atoms with Gasteiger partial charge in [-0.2, -0.15) is 5.10 Å². The van der Waals surface area contributed by atoms with E-state index in [9.17, 15) is 4.79 Å². The van der Waals surface area contributed by atoms with E-state index in [4.69, 9.17) is 9.84 Å². The molecule has 136 valence electrons. The Morgan fingerprint density at radius 2 is 2.28 bits per heavy atom. The number of amides is 1. The molecule has 7 nitrogen and oxygen atoms in total. The van der Waals surface area contributed by atoms with Gasteiger partial charge in [-0.15, -0.1) is 0 Å². The van der Waals surface area contributed by atoms with Gasteiger partial charge in [0.15, 0.2) is 0 Å². The van der Waals surface area contributed by atoms with Crippen LogP contribution >= 0.6 is 0 Å². The third kappa shape index (κ3) is 5.86. The molecule has 1 aliphatic rings. The second-order valence-electron chi connectivity index (χ2n) is 6.07. The third-order valence-electron chi connectivity index (χ3n) is 4.26. The van der Waals surface area contributed by atoms with Crippen molar-refractivity contribution in [1.82, 2.24) is 15.1 Å². The van der Waals surface area contributed by atoms with Gasteiger partial charge in [-0.1, -0.05) is 0 Å². The lowest BCUT2D eigenvalue weighted by Gasteiger charge is -2.31. The molecule has 1 aromatic heterocycles. The Kier molecular flexibility index (Phi) is 7.40. The largest absolute Gasteiger partial charge is 0.498 e. The average Bonchev–Trinajstić information content (AvgIpc) is 3.15. The van der Waals surface area contributed by atoms with Crippen LogP contribution in [0.1, 0.15) is 31.9 Å². The van der Waals surface area contributed by atoms with Crippen LogP contribution in [0.25, 0.3) is 5.70 Å². The van der Waals surface area contributed by atoms with Crippen LogP contribution in [0.5, 0.6) is 0 Å². The van der Waals surface area contributed by atoms with E-state index in [0.717, 1.165) is 37.4 Å². The number of carbonyl (C=O) groups excluding carboxylic acids is 1. The summed E-state index contributed by atoms with van der Waals surface area (Å²) < 4.78 is 5.82. The van der Waals surface area contributed by atoms with Crippen molar-refractivity contribution in [3.05, 3.63) is 35.9 Å². The number of allylic oxidation sites excluding steroid dienone is 3. The van der Waals surface area contributed by atoms with Crippen molar-refractivity contribution >= 4 is 18.3 Å². The number of hydrogen-bond acceptors (Lipinski definition) is 5. The Morgan fingerprint density at radius 3 is 2.88 bits per heavy atom. The molecule has 0 aliphatic carbocycles. The lowest BCUT2D eigenvalue weighted by atomic mass is 9.97. The van der Waals surface area contributed by atoms with Crippen molar-refractivity contribution in [2.75, 3.05) is 26.3 Å². The fourth-order valence-corrected chi connectivity index (χ4v) is 2.72. The fourth-order valence-electron chi connectivity index (χ4n) is 2.72. The maximum absolute atomic E-state index is 11.7. The minimum Gasteiger partial charge on any atom is -0.498 e. The molecule has 0 aromatic carbocycles. The summed E-state index contributed by atoms with van der Waals surface area (Å²) in [5.41, 5.74) is 1.51. The lowest BCUT2D eigenvalue weighted by molar-refractivity contribution is -0.133. The van der Waals surface area contributed by atoms with Crippen LogP contribution in [0, 0.1) is 5.92 Å². The highest BCUT2D eigenvalue weighted by Crippen LogP contribution is 2.19. The van der Waals surface area contributed by atoms with Gasteiger partial charge in [0, 0.05) is 25.7 Å². The summed E-state index contributed by atoms with van der Waals surface area (Å²) in [6.45, 7) is 7.50. The summed E-state index contributed by atoms with van der Waals surface area (Å²) in [6, 6.07) is 1.83. The number of aromatic nitrogens is 2. The number of rotatable bonds is 8. The van der Waals surface area contributed by atoms with Crippen molar-refractivity contribution in [2.24, 2.45) is 10.9 Å². The summed E-state index contributed by atoms with van der Waals surface area (Å²) >= 11 is 0. The number of carbonyl (C=O) groups is 1. The van der Waals surface area contributed by atoms with Crippen molar-refractivity contribution in [1.29, 1.82) is 0 Å². The molecule has 1 amide bonds. The highest BCUT2D eigenvalue weighted by Gasteiger charge is 2.22. The monoisotopic (exact) mass is 346 g/mol. The standard InChI is InChI=1S/C18H26N4O3/c1-14(3-4-16(19-2)17-5-9-20-21-17)25-13-15-6-10-22(11-7-15)18(24)8-12-23/h3-5,9,15,23H,2,6-8,10-13H2,1H3,(H,20,21)/b14-3+,16-4-. The topological polar surface area (TPSA) is 90.8 Å². The molecule has 2 N–H and O–H groups in total. The SMILES string of the molecule is C=N/C(=C\C=C(/C)OCC1CCN(C(=O)CCO)CC1)c1ccn[nH]1. The number of hydrogen-bond donors (Lipinski definition) is 2. The van der Waals surface area contributed by atoms with Gasteiger partial charge < -0.3 is 14.7 Å². The van der Waals surface area contributed by atoms with Crippen LogP contribution in [0.2, 0.25) is 0 Å². The second-order valence-corrected chi connectivity index (χ2v) is 6.07. The molecule has 1 aliphatic heterocycles. The molecule has 0 atom stereocenters. The molecule has 0 radical (unpaired) electrons. The van der Waals surface area contributed by atoms with Crippen molar-refractivity contribution in [3.8, 4) is 0 Å². The van der Waals surface area contributed by atoms with Gasteiger partial charge in [-0.3, -0.25) is 14.9 Å². The molecule has 0 spiro atoms.